The lowest BCUT2D eigenvalue weighted by Gasteiger charge is -2.41. The van der Waals surface area contributed by atoms with Crippen LogP contribution in [-0.4, -0.2) is 65.4 Å². The minimum atomic E-state index is -0.164. The summed E-state index contributed by atoms with van der Waals surface area (Å²) in [7, 11) is 0. The van der Waals surface area contributed by atoms with Gasteiger partial charge in [0.2, 0.25) is 0 Å². The van der Waals surface area contributed by atoms with Gasteiger partial charge in [0.15, 0.2) is 0 Å². The predicted octanol–water partition coefficient (Wildman–Crippen LogP) is 2.71. The Balaban J connectivity index is 1.33. The van der Waals surface area contributed by atoms with E-state index in [1.165, 1.54) is 43.5 Å². The van der Waals surface area contributed by atoms with Gasteiger partial charge in [-0.2, -0.15) is 0 Å². The Bertz CT molecular complexity index is 481. The molecule has 0 N–H and O–H groups in total. The van der Waals surface area contributed by atoms with Crippen molar-refractivity contribution in [2.24, 2.45) is 11.3 Å². The molecule has 3 heterocycles. The lowest BCUT2D eigenvalue weighted by molar-refractivity contribution is -0.128. The van der Waals surface area contributed by atoms with Crippen molar-refractivity contribution < 1.29 is 9.59 Å². The molecule has 1 unspecified atom stereocenters. The molecular formula is C19H31N3O2. The van der Waals surface area contributed by atoms with Crippen LogP contribution in [0.4, 0.5) is 4.79 Å². The van der Waals surface area contributed by atoms with E-state index in [0.29, 0.717) is 6.54 Å². The van der Waals surface area contributed by atoms with Crippen molar-refractivity contribution in [3.8, 4) is 0 Å². The molecular weight excluding hydrogens is 302 g/mol. The number of piperidine rings is 1. The van der Waals surface area contributed by atoms with E-state index in [-0.39, 0.29) is 23.4 Å². The van der Waals surface area contributed by atoms with Crippen LogP contribution in [0.15, 0.2) is 0 Å². The average molecular weight is 333 g/mol. The molecule has 24 heavy (non-hydrogen) atoms. The maximum absolute atomic E-state index is 12.4. The first-order valence-electron chi connectivity index (χ1n) is 9.96. The highest BCUT2D eigenvalue weighted by Crippen LogP contribution is 2.46. The van der Waals surface area contributed by atoms with E-state index in [1.807, 2.05) is 11.8 Å². The van der Waals surface area contributed by atoms with Gasteiger partial charge in [0.1, 0.15) is 6.04 Å². The van der Waals surface area contributed by atoms with Gasteiger partial charge in [-0.3, -0.25) is 9.69 Å². The van der Waals surface area contributed by atoms with Gasteiger partial charge in [-0.15, -0.1) is 0 Å². The van der Waals surface area contributed by atoms with Crippen molar-refractivity contribution in [1.29, 1.82) is 0 Å². The molecule has 5 nitrogen and oxygen atoms in total. The Morgan fingerprint density at radius 2 is 1.79 bits per heavy atom. The molecule has 1 saturated carbocycles. The van der Waals surface area contributed by atoms with Crippen LogP contribution in [0.25, 0.3) is 0 Å². The zero-order valence-corrected chi connectivity index (χ0v) is 15.0. The van der Waals surface area contributed by atoms with E-state index < -0.39 is 0 Å². The van der Waals surface area contributed by atoms with Crippen molar-refractivity contribution in [3.63, 3.8) is 0 Å². The molecule has 3 aliphatic heterocycles. The maximum atomic E-state index is 12.4. The predicted molar refractivity (Wildman–Crippen MR) is 92.6 cm³/mol. The average Bonchev–Trinajstić information content (AvgIpc) is 3.07. The lowest BCUT2D eigenvalue weighted by atomic mass is 9.76. The van der Waals surface area contributed by atoms with Gasteiger partial charge in [0, 0.05) is 19.6 Å². The van der Waals surface area contributed by atoms with Crippen LogP contribution in [-0.2, 0) is 4.79 Å². The van der Waals surface area contributed by atoms with Crippen LogP contribution in [0.2, 0.25) is 0 Å². The smallest absolute Gasteiger partial charge is 0.312 e. The second kappa shape index (κ2) is 6.32. The number of likely N-dealkylation sites (tertiary alicyclic amines) is 1. The minimum Gasteiger partial charge on any atom is -0.312 e. The van der Waals surface area contributed by atoms with E-state index in [0.717, 1.165) is 44.8 Å². The highest BCUT2D eigenvalue weighted by Gasteiger charge is 2.55. The van der Waals surface area contributed by atoms with Crippen molar-refractivity contribution in [2.45, 2.75) is 64.3 Å². The van der Waals surface area contributed by atoms with Crippen LogP contribution in [0.5, 0.6) is 0 Å². The number of nitrogens with zero attached hydrogens (tertiary/aromatic N) is 3. The maximum Gasteiger partial charge on any atom is 0.327 e. The first-order valence-corrected chi connectivity index (χ1v) is 9.96. The van der Waals surface area contributed by atoms with Crippen LogP contribution < -0.4 is 0 Å². The third-order valence-corrected chi connectivity index (χ3v) is 7.01. The van der Waals surface area contributed by atoms with Crippen LogP contribution in [0.1, 0.15) is 58.3 Å². The number of imide groups is 1. The number of fused-ring (bicyclic) bond motifs is 1. The van der Waals surface area contributed by atoms with Gasteiger partial charge in [-0.1, -0.05) is 19.3 Å². The molecule has 1 spiro atoms. The zero-order chi connectivity index (χ0) is 16.7. The summed E-state index contributed by atoms with van der Waals surface area (Å²) in [6.07, 6.45) is 10.3. The lowest BCUT2D eigenvalue weighted by Crippen LogP contribution is -2.45. The molecule has 4 fully saturated rings. The largest absolute Gasteiger partial charge is 0.327 e. The summed E-state index contributed by atoms with van der Waals surface area (Å²) in [6, 6.07) is -0.212. The third-order valence-electron chi connectivity index (χ3n) is 7.01. The van der Waals surface area contributed by atoms with E-state index >= 15 is 0 Å². The van der Waals surface area contributed by atoms with Gasteiger partial charge in [0.05, 0.1) is 0 Å². The highest BCUT2D eigenvalue weighted by molar-refractivity contribution is 6.04. The summed E-state index contributed by atoms with van der Waals surface area (Å²) in [5.74, 6) is 0.949. The second-order valence-corrected chi connectivity index (χ2v) is 8.52. The quantitative estimate of drug-likeness (QED) is 0.746. The van der Waals surface area contributed by atoms with Gasteiger partial charge >= 0.3 is 6.03 Å². The monoisotopic (exact) mass is 333 g/mol. The Hall–Kier alpha value is -1.10. The molecule has 1 atom stereocenters. The van der Waals surface area contributed by atoms with Crippen molar-refractivity contribution in [1.82, 2.24) is 14.7 Å². The fourth-order valence-corrected chi connectivity index (χ4v) is 5.51. The van der Waals surface area contributed by atoms with Crippen molar-refractivity contribution in [2.75, 3.05) is 32.7 Å². The summed E-state index contributed by atoms with van der Waals surface area (Å²) in [5, 5.41) is 0. The molecule has 0 aromatic heterocycles. The zero-order valence-electron chi connectivity index (χ0n) is 15.0. The third kappa shape index (κ3) is 2.75. The molecule has 0 radical (unpaired) electrons. The first kappa shape index (κ1) is 16.4. The van der Waals surface area contributed by atoms with E-state index in [9.17, 15) is 9.59 Å². The van der Waals surface area contributed by atoms with E-state index in [2.05, 4.69) is 4.90 Å². The van der Waals surface area contributed by atoms with Gasteiger partial charge in [-0.25, -0.2) is 4.79 Å². The van der Waals surface area contributed by atoms with Crippen molar-refractivity contribution >= 4 is 11.9 Å². The fraction of sp³-hybridized carbons (Fsp3) is 0.895. The minimum absolute atomic E-state index is 0.0454. The summed E-state index contributed by atoms with van der Waals surface area (Å²) >= 11 is 0. The molecule has 0 aromatic carbocycles. The van der Waals surface area contributed by atoms with Crippen LogP contribution >= 0.6 is 0 Å². The number of carbonyl (C=O) groups is 2. The number of carbonyl (C=O) groups excluding carboxylic acids is 2. The summed E-state index contributed by atoms with van der Waals surface area (Å²) < 4.78 is 0. The molecule has 0 aromatic rings. The number of hydrogen-bond acceptors (Lipinski definition) is 3. The fourth-order valence-electron chi connectivity index (χ4n) is 5.51. The second-order valence-electron chi connectivity index (χ2n) is 8.52. The summed E-state index contributed by atoms with van der Waals surface area (Å²) in [4.78, 5) is 30.8. The molecule has 3 amide bonds. The number of hydrogen-bond donors (Lipinski definition) is 0. The normalized spacial score (nSPS) is 31.3. The SMILES string of the molecule is CCN1C(=O)C2CC3(CCN(CC4CCCCC4)CC3)CN2C1=O. The van der Waals surface area contributed by atoms with Gasteiger partial charge < -0.3 is 9.80 Å². The number of rotatable bonds is 3. The Morgan fingerprint density at radius 3 is 2.42 bits per heavy atom. The molecule has 5 heteroatoms. The summed E-state index contributed by atoms with van der Waals surface area (Å²) in [5.41, 5.74) is 0.207. The topological polar surface area (TPSA) is 43.9 Å². The Labute approximate surface area is 145 Å². The van der Waals surface area contributed by atoms with Crippen LogP contribution in [0, 0.1) is 11.3 Å². The molecule has 134 valence electrons. The molecule has 0 bridgehead atoms. The number of amides is 3. The van der Waals surface area contributed by atoms with E-state index in [4.69, 9.17) is 0 Å². The van der Waals surface area contributed by atoms with Gasteiger partial charge in [-0.05, 0) is 63.5 Å². The first-order chi connectivity index (χ1) is 11.6. The summed E-state index contributed by atoms with van der Waals surface area (Å²) in [6.45, 7) is 6.76. The Kier molecular flexibility index (Phi) is 4.31. The van der Waals surface area contributed by atoms with E-state index in [1.54, 1.807) is 0 Å². The molecule has 4 aliphatic rings. The number of likely N-dealkylation sites (N-methyl/N-ethyl adjacent to an activating group) is 1. The van der Waals surface area contributed by atoms with Crippen molar-refractivity contribution in [3.05, 3.63) is 0 Å². The number of urea groups is 1. The Morgan fingerprint density at radius 1 is 1.08 bits per heavy atom. The molecule has 3 saturated heterocycles. The highest BCUT2D eigenvalue weighted by atomic mass is 16.2. The van der Waals surface area contributed by atoms with Gasteiger partial charge in [0.25, 0.3) is 5.91 Å². The standard InChI is InChI=1S/C19H31N3O2/c1-2-21-17(23)16-12-19(14-22(16)18(21)24)8-10-20(11-9-19)13-15-6-4-3-5-7-15/h15-16H,2-14H2,1H3. The molecule has 1 aliphatic carbocycles. The van der Waals surface area contributed by atoms with Crippen LogP contribution in [0.3, 0.4) is 0 Å². The molecule has 4 rings (SSSR count).